The number of Topliss-reactive ketones (excluding diaryl/α,β-unsaturated/α-hetero) is 1. The smallest absolute Gasteiger partial charge is 0.279 e. The van der Waals surface area contributed by atoms with Crippen molar-refractivity contribution in [1.82, 2.24) is 0 Å². The normalized spacial score (nSPS) is 27.1. The van der Waals surface area contributed by atoms with E-state index in [1.807, 2.05) is 0 Å². The Morgan fingerprint density at radius 3 is 2.48 bits per heavy atom. The fourth-order valence-corrected chi connectivity index (χ4v) is 4.18. The van der Waals surface area contributed by atoms with Crippen LogP contribution in [-0.4, -0.2) is 31.3 Å². The number of anilines is 1. The predicted molar refractivity (Wildman–Crippen MR) is 90.7 cm³/mol. The Balaban J connectivity index is 1.50. The molecule has 1 heterocycles. The first-order chi connectivity index (χ1) is 11.1. The molecular formula is C19H27N2O2+. The molecule has 1 aromatic carbocycles. The first-order valence-electron chi connectivity index (χ1n) is 8.86. The lowest BCUT2D eigenvalue weighted by molar-refractivity contribution is -0.902. The summed E-state index contributed by atoms with van der Waals surface area (Å²) in [5.41, 5.74) is 1.44. The van der Waals surface area contributed by atoms with Crippen LogP contribution in [0.15, 0.2) is 24.3 Å². The second-order valence-corrected chi connectivity index (χ2v) is 7.16. The van der Waals surface area contributed by atoms with Crippen molar-refractivity contribution in [3.63, 3.8) is 0 Å². The summed E-state index contributed by atoms with van der Waals surface area (Å²) in [5, 5.41) is 2.96. The van der Waals surface area contributed by atoms with Crippen molar-refractivity contribution in [3.05, 3.63) is 29.8 Å². The quantitative estimate of drug-likeness (QED) is 0.834. The lowest BCUT2D eigenvalue weighted by atomic mass is 9.75. The van der Waals surface area contributed by atoms with Gasteiger partial charge in [-0.1, -0.05) is 12.8 Å². The van der Waals surface area contributed by atoms with Gasteiger partial charge in [-0.3, -0.25) is 9.59 Å². The summed E-state index contributed by atoms with van der Waals surface area (Å²) in [4.78, 5) is 24.9. The van der Waals surface area contributed by atoms with Gasteiger partial charge in [0.2, 0.25) is 0 Å². The molecule has 0 aromatic heterocycles. The van der Waals surface area contributed by atoms with Crippen molar-refractivity contribution in [2.75, 3.05) is 25.0 Å². The van der Waals surface area contributed by atoms with E-state index in [1.165, 1.54) is 37.0 Å². The molecule has 1 aliphatic heterocycles. The number of hydrogen-bond donors (Lipinski definition) is 2. The van der Waals surface area contributed by atoms with E-state index in [2.05, 4.69) is 5.32 Å². The maximum atomic E-state index is 12.3. The maximum absolute atomic E-state index is 12.3. The zero-order valence-electron chi connectivity index (χ0n) is 13.9. The Morgan fingerprint density at radius 1 is 1.09 bits per heavy atom. The first-order valence-corrected chi connectivity index (χ1v) is 8.86. The lowest BCUT2D eigenvalue weighted by Crippen LogP contribution is -3.15. The molecule has 2 N–H and O–H groups in total. The van der Waals surface area contributed by atoms with Crippen molar-refractivity contribution >= 4 is 17.4 Å². The number of fused-ring (bicyclic) bond motifs is 1. The third-order valence-corrected chi connectivity index (χ3v) is 5.47. The summed E-state index contributed by atoms with van der Waals surface area (Å²) in [6, 6.07) is 7.13. The van der Waals surface area contributed by atoms with E-state index in [0.29, 0.717) is 12.1 Å². The molecule has 0 radical (unpaired) electrons. The molecule has 3 atom stereocenters. The molecule has 2 fully saturated rings. The number of ketones is 1. The summed E-state index contributed by atoms with van der Waals surface area (Å²) < 4.78 is 0. The van der Waals surface area contributed by atoms with Gasteiger partial charge in [0.15, 0.2) is 12.3 Å². The molecule has 23 heavy (non-hydrogen) atoms. The van der Waals surface area contributed by atoms with Gasteiger partial charge < -0.3 is 10.2 Å². The number of nitrogens with one attached hydrogen (secondary N) is 2. The Kier molecular flexibility index (Phi) is 5.11. The third-order valence-electron chi connectivity index (χ3n) is 5.47. The molecule has 124 valence electrons. The molecule has 3 rings (SSSR count). The van der Waals surface area contributed by atoms with E-state index >= 15 is 0 Å². The number of quaternary nitrogens is 1. The van der Waals surface area contributed by atoms with Gasteiger partial charge >= 0.3 is 0 Å². The van der Waals surface area contributed by atoms with Crippen LogP contribution in [-0.2, 0) is 4.79 Å². The molecule has 0 spiro atoms. The average molecular weight is 315 g/mol. The second kappa shape index (κ2) is 7.26. The molecule has 1 amide bonds. The van der Waals surface area contributed by atoms with E-state index in [1.54, 1.807) is 31.2 Å². The van der Waals surface area contributed by atoms with E-state index in [9.17, 15) is 9.59 Å². The number of amides is 1. The number of likely N-dealkylation sites (tertiary alicyclic amines) is 1. The second-order valence-electron chi connectivity index (χ2n) is 7.16. The average Bonchev–Trinajstić information content (AvgIpc) is 2.55. The predicted octanol–water partition coefficient (Wildman–Crippen LogP) is 1.92. The number of benzene rings is 1. The lowest BCUT2D eigenvalue weighted by Gasteiger charge is -2.38. The highest BCUT2D eigenvalue weighted by molar-refractivity contribution is 5.95. The van der Waals surface area contributed by atoms with Crippen LogP contribution in [0.4, 0.5) is 5.69 Å². The number of carbonyl (C=O) groups is 2. The van der Waals surface area contributed by atoms with Crippen molar-refractivity contribution in [2.24, 2.45) is 11.8 Å². The van der Waals surface area contributed by atoms with Gasteiger partial charge in [-0.2, -0.15) is 0 Å². The minimum Gasteiger partial charge on any atom is -0.327 e. The van der Waals surface area contributed by atoms with Crippen molar-refractivity contribution < 1.29 is 14.5 Å². The number of hydrogen-bond acceptors (Lipinski definition) is 2. The van der Waals surface area contributed by atoms with Gasteiger partial charge in [-0.15, -0.1) is 0 Å². The van der Waals surface area contributed by atoms with Crippen LogP contribution in [0.1, 0.15) is 49.4 Å². The van der Waals surface area contributed by atoms with E-state index in [0.717, 1.165) is 30.6 Å². The van der Waals surface area contributed by atoms with Gasteiger partial charge in [-0.05, 0) is 56.4 Å². The SMILES string of the molecule is CC(=O)c1ccc(NC(=O)C[NH+]2CC[C@@H]3CCCC[C@@H]3C2)cc1. The molecule has 1 saturated heterocycles. The molecular weight excluding hydrogens is 288 g/mol. The highest BCUT2D eigenvalue weighted by Crippen LogP contribution is 2.32. The molecule has 1 saturated carbocycles. The van der Waals surface area contributed by atoms with Gasteiger partial charge in [0.25, 0.3) is 5.91 Å². The molecule has 1 aromatic rings. The first kappa shape index (κ1) is 16.2. The Morgan fingerprint density at radius 2 is 1.78 bits per heavy atom. The summed E-state index contributed by atoms with van der Waals surface area (Å²) in [6.07, 6.45) is 6.78. The molecule has 1 unspecified atom stereocenters. The third kappa shape index (κ3) is 4.20. The molecule has 0 bridgehead atoms. The zero-order chi connectivity index (χ0) is 16.2. The standard InChI is InChI=1S/C19H26N2O2/c1-14(22)15-6-8-18(9-7-15)20-19(23)13-21-11-10-16-4-2-3-5-17(16)12-21/h6-9,16-17H,2-5,10-13H2,1H3,(H,20,23)/p+1/t16-,17+/m0/s1. The van der Waals surface area contributed by atoms with Gasteiger partial charge in [0, 0.05) is 17.2 Å². The number of rotatable bonds is 4. The summed E-state index contributed by atoms with van der Waals surface area (Å²) >= 11 is 0. The van der Waals surface area contributed by atoms with Crippen LogP contribution < -0.4 is 10.2 Å². The largest absolute Gasteiger partial charge is 0.327 e. The maximum Gasteiger partial charge on any atom is 0.279 e. The van der Waals surface area contributed by atoms with E-state index in [-0.39, 0.29) is 11.7 Å². The highest BCUT2D eigenvalue weighted by atomic mass is 16.2. The fraction of sp³-hybridized carbons (Fsp3) is 0.579. The topological polar surface area (TPSA) is 50.6 Å². The molecule has 1 aliphatic carbocycles. The van der Waals surface area contributed by atoms with Gasteiger partial charge in [0.1, 0.15) is 0 Å². The van der Waals surface area contributed by atoms with Crippen LogP contribution in [0.3, 0.4) is 0 Å². The molecule has 4 nitrogen and oxygen atoms in total. The summed E-state index contributed by atoms with van der Waals surface area (Å²) in [5.74, 6) is 1.86. The summed E-state index contributed by atoms with van der Waals surface area (Å²) in [6.45, 7) is 4.38. The molecule has 4 heteroatoms. The minimum absolute atomic E-state index is 0.0441. The Hall–Kier alpha value is -1.68. The van der Waals surface area contributed by atoms with Gasteiger partial charge in [0.05, 0.1) is 13.1 Å². The van der Waals surface area contributed by atoms with E-state index in [4.69, 9.17) is 0 Å². The fourth-order valence-electron chi connectivity index (χ4n) is 4.18. The van der Waals surface area contributed by atoms with Crippen LogP contribution in [0, 0.1) is 11.8 Å². The van der Waals surface area contributed by atoms with Crippen LogP contribution >= 0.6 is 0 Å². The van der Waals surface area contributed by atoms with Crippen LogP contribution in [0.5, 0.6) is 0 Å². The monoisotopic (exact) mass is 315 g/mol. The molecule has 2 aliphatic rings. The van der Waals surface area contributed by atoms with Crippen molar-refractivity contribution in [1.29, 1.82) is 0 Å². The zero-order valence-corrected chi connectivity index (χ0v) is 13.9. The van der Waals surface area contributed by atoms with Crippen LogP contribution in [0.2, 0.25) is 0 Å². The Labute approximate surface area is 138 Å². The van der Waals surface area contributed by atoms with Gasteiger partial charge in [-0.25, -0.2) is 0 Å². The van der Waals surface area contributed by atoms with Crippen LogP contribution in [0.25, 0.3) is 0 Å². The van der Waals surface area contributed by atoms with Crippen molar-refractivity contribution in [2.45, 2.75) is 39.0 Å². The van der Waals surface area contributed by atoms with Crippen molar-refractivity contribution in [3.8, 4) is 0 Å². The Bertz CT molecular complexity index is 567. The highest BCUT2D eigenvalue weighted by Gasteiger charge is 2.34. The number of piperidine rings is 1. The number of carbonyl (C=O) groups excluding carboxylic acids is 2. The minimum atomic E-state index is 0.0441. The van der Waals surface area contributed by atoms with E-state index < -0.39 is 0 Å². The summed E-state index contributed by atoms with van der Waals surface area (Å²) in [7, 11) is 0.